The molecule has 1 saturated heterocycles. The number of ether oxygens (including phenoxy) is 3. The Bertz CT molecular complexity index is 1020. The van der Waals surface area contributed by atoms with Crippen molar-refractivity contribution in [2.75, 3.05) is 44.8 Å². The minimum Gasteiger partial charge on any atom is -0.494 e. The quantitative estimate of drug-likeness (QED) is 0.614. The minimum atomic E-state index is -3.68. The second-order valence-corrected chi connectivity index (χ2v) is 8.56. The van der Waals surface area contributed by atoms with E-state index >= 15 is 0 Å². The standard InChI is InChI=1S/C21H24N2O7S/c1-2-29-18-8-6-16(7-9-18)21(25)30-15-20(24)22-17-4-3-5-19(14-17)31(26,27)23-10-12-28-13-11-23/h3-9,14H,2,10-13,15H2,1H3,(H,22,24). The van der Waals surface area contributed by atoms with Gasteiger partial charge in [0, 0.05) is 18.8 Å². The fourth-order valence-corrected chi connectivity index (χ4v) is 4.39. The van der Waals surface area contributed by atoms with E-state index in [4.69, 9.17) is 14.2 Å². The Morgan fingerprint density at radius 2 is 1.81 bits per heavy atom. The van der Waals surface area contributed by atoms with Crippen LogP contribution in [0.4, 0.5) is 5.69 Å². The van der Waals surface area contributed by atoms with Crippen molar-refractivity contribution in [2.24, 2.45) is 0 Å². The van der Waals surface area contributed by atoms with Crippen LogP contribution in [0.3, 0.4) is 0 Å². The van der Waals surface area contributed by atoms with E-state index < -0.39 is 28.5 Å². The number of carbonyl (C=O) groups excluding carboxylic acids is 2. The van der Waals surface area contributed by atoms with E-state index in [0.717, 1.165) is 0 Å². The lowest BCUT2D eigenvalue weighted by Gasteiger charge is -2.26. The fraction of sp³-hybridized carbons (Fsp3) is 0.333. The van der Waals surface area contributed by atoms with E-state index in [1.165, 1.54) is 22.5 Å². The molecule has 1 N–H and O–H groups in total. The highest BCUT2D eigenvalue weighted by Crippen LogP contribution is 2.20. The van der Waals surface area contributed by atoms with Crippen LogP contribution in [-0.4, -0.2) is 64.1 Å². The van der Waals surface area contributed by atoms with Crippen LogP contribution in [0.2, 0.25) is 0 Å². The van der Waals surface area contributed by atoms with Crippen LogP contribution >= 0.6 is 0 Å². The Hall–Kier alpha value is -2.95. The maximum absolute atomic E-state index is 12.7. The lowest BCUT2D eigenvalue weighted by atomic mass is 10.2. The molecular weight excluding hydrogens is 424 g/mol. The molecule has 3 rings (SSSR count). The largest absolute Gasteiger partial charge is 0.494 e. The third kappa shape index (κ3) is 6.03. The molecule has 0 bridgehead atoms. The van der Waals surface area contributed by atoms with Crippen LogP contribution < -0.4 is 10.1 Å². The zero-order chi connectivity index (χ0) is 22.3. The van der Waals surface area contributed by atoms with Crippen molar-refractivity contribution < 1.29 is 32.2 Å². The SMILES string of the molecule is CCOc1ccc(C(=O)OCC(=O)Nc2cccc(S(=O)(=O)N3CCOCC3)c2)cc1. The van der Waals surface area contributed by atoms with E-state index in [2.05, 4.69) is 5.32 Å². The second-order valence-electron chi connectivity index (χ2n) is 6.63. The summed E-state index contributed by atoms with van der Waals surface area (Å²) in [4.78, 5) is 24.3. The first-order valence-corrected chi connectivity index (χ1v) is 11.2. The van der Waals surface area contributed by atoms with Crippen molar-refractivity contribution in [1.29, 1.82) is 0 Å². The number of rotatable bonds is 8. The number of hydrogen-bond donors (Lipinski definition) is 1. The first kappa shape index (κ1) is 22.7. The van der Waals surface area contributed by atoms with Crippen LogP contribution in [0.5, 0.6) is 5.75 Å². The molecule has 1 aliphatic heterocycles. The number of benzene rings is 2. The van der Waals surface area contributed by atoms with Crippen LogP contribution in [0.25, 0.3) is 0 Å². The molecule has 9 nitrogen and oxygen atoms in total. The summed E-state index contributed by atoms with van der Waals surface area (Å²) >= 11 is 0. The Balaban J connectivity index is 1.57. The van der Waals surface area contributed by atoms with Gasteiger partial charge in [0.1, 0.15) is 5.75 Å². The van der Waals surface area contributed by atoms with E-state index in [1.54, 1.807) is 30.3 Å². The Labute approximate surface area is 181 Å². The molecule has 1 aliphatic rings. The third-order valence-electron chi connectivity index (χ3n) is 4.46. The monoisotopic (exact) mass is 448 g/mol. The predicted molar refractivity (Wildman–Crippen MR) is 113 cm³/mol. The van der Waals surface area contributed by atoms with Gasteiger partial charge in [-0.1, -0.05) is 6.07 Å². The van der Waals surface area contributed by atoms with Gasteiger partial charge in [-0.2, -0.15) is 4.31 Å². The predicted octanol–water partition coefficient (Wildman–Crippen LogP) is 1.90. The van der Waals surface area contributed by atoms with Gasteiger partial charge < -0.3 is 19.5 Å². The maximum Gasteiger partial charge on any atom is 0.338 e. The van der Waals surface area contributed by atoms with Crippen molar-refractivity contribution in [2.45, 2.75) is 11.8 Å². The van der Waals surface area contributed by atoms with Gasteiger partial charge in [0.2, 0.25) is 10.0 Å². The number of nitrogens with one attached hydrogen (secondary N) is 1. The normalized spacial score (nSPS) is 14.6. The van der Waals surface area contributed by atoms with E-state index in [1.807, 2.05) is 6.92 Å². The topological polar surface area (TPSA) is 111 Å². The zero-order valence-corrected chi connectivity index (χ0v) is 17.9. The molecule has 0 radical (unpaired) electrons. The summed E-state index contributed by atoms with van der Waals surface area (Å²) in [7, 11) is -3.68. The van der Waals surface area contributed by atoms with Gasteiger partial charge in [-0.25, -0.2) is 13.2 Å². The summed E-state index contributed by atoms with van der Waals surface area (Å²) in [5.41, 5.74) is 0.575. The summed E-state index contributed by atoms with van der Waals surface area (Å²) in [5.74, 6) is -0.606. The summed E-state index contributed by atoms with van der Waals surface area (Å²) < 4.78 is 42.3. The number of carbonyl (C=O) groups is 2. The molecule has 0 aromatic heterocycles. The highest BCUT2D eigenvalue weighted by Gasteiger charge is 2.26. The summed E-state index contributed by atoms with van der Waals surface area (Å²) in [6.07, 6.45) is 0. The number of morpholine rings is 1. The summed E-state index contributed by atoms with van der Waals surface area (Å²) in [5, 5.41) is 2.55. The molecule has 0 aliphatic carbocycles. The van der Waals surface area contributed by atoms with Gasteiger partial charge in [-0.15, -0.1) is 0 Å². The number of amides is 1. The molecule has 0 saturated carbocycles. The van der Waals surface area contributed by atoms with Gasteiger partial charge >= 0.3 is 5.97 Å². The fourth-order valence-electron chi connectivity index (χ4n) is 2.94. The molecule has 2 aromatic rings. The maximum atomic E-state index is 12.7. The van der Waals surface area contributed by atoms with Gasteiger partial charge in [-0.05, 0) is 49.4 Å². The van der Waals surface area contributed by atoms with Crippen LogP contribution in [-0.2, 0) is 24.3 Å². The highest BCUT2D eigenvalue weighted by atomic mass is 32.2. The lowest BCUT2D eigenvalue weighted by molar-refractivity contribution is -0.119. The Morgan fingerprint density at radius 3 is 2.48 bits per heavy atom. The smallest absolute Gasteiger partial charge is 0.338 e. The molecular formula is C21H24N2O7S. The van der Waals surface area contributed by atoms with Crippen molar-refractivity contribution in [3.05, 3.63) is 54.1 Å². The number of esters is 1. The average Bonchev–Trinajstić information content (AvgIpc) is 2.79. The molecule has 31 heavy (non-hydrogen) atoms. The molecule has 0 unspecified atom stereocenters. The lowest BCUT2D eigenvalue weighted by Crippen LogP contribution is -2.40. The van der Waals surface area contributed by atoms with Crippen molar-refractivity contribution >= 4 is 27.6 Å². The molecule has 1 heterocycles. The van der Waals surface area contributed by atoms with E-state index in [9.17, 15) is 18.0 Å². The summed E-state index contributed by atoms with van der Waals surface area (Å²) in [6, 6.07) is 12.3. The molecule has 1 fully saturated rings. The Morgan fingerprint density at radius 1 is 1.10 bits per heavy atom. The van der Waals surface area contributed by atoms with E-state index in [0.29, 0.717) is 25.6 Å². The van der Waals surface area contributed by atoms with Gasteiger partial charge in [0.25, 0.3) is 5.91 Å². The minimum absolute atomic E-state index is 0.0681. The molecule has 1 amide bonds. The molecule has 166 valence electrons. The van der Waals surface area contributed by atoms with Crippen LogP contribution in [0.1, 0.15) is 17.3 Å². The van der Waals surface area contributed by atoms with Crippen molar-refractivity contribution in [3.8, 4) is 5.75 Å². The number of hydrogen-bond acceptors (Lipinski definition) is 7. The molecule has 2 aromatic carbocycles. The number of anilines is 1. The first-order chi connectivity index (χ1) is 14.9. The molecule has 10 heteroatoms. The van der Waals surface area contributed by atoms with Crippen LogP contribution in [0.15, 0.2) is 53.4 Å². The third-order valence-corrected chi connectivity index (χ3v) is 6.36. The summed E-state index contributed by atoms with van der Waals surface area (Å²) in [6.45, 7) is 3.10. The Kier molecular flexibility index (Phi) is 7.61. The second kappa shape index (κ2) is 10.4. The van der Waals surface area contributed by atoms with Gasteiger partial charge in [-0.3, -0.25) is 4.79 Å². The van der Waals surface area contributed by atoms with Crippen molar-refractivity contribution in [1.82, 2.24) is 4.31 Å². The number of sulfonamides is 1. The molecule has 0 spiro atoms. The van der Waals surface area contributed by atoms with Crippen molar-refractivity contribution in [3.63, 3.8) is 0 Å². The average molecular weight is 448 g/mol. The highest BCUT2D eigenvalue weighted by molar-refractivity contribution is 7.89. The first-order valence-electron chi connectivity index (χ1n) is 9.78. The molecule has 0 atom stereocenters. The van der Waals surface area contributed by atoms with Crippen LogP contribution in [0, 0.1) is 0 Å². The van der Waals surface area contributed by atoms with E-state index in [-0.39, 0.29) is 29.2 Å². The zero-order valence-electron chi connectivity index (χ0n) is 17.1. The number of nitrogens with zero attached hydrogens (tertiary/aromatic N) is 1. The van der Waals surface area contributed by atoms with Gasteiger partial charge in [0.15, 0.2) is 6.61 Å². The van der Waals surface area contributed by atoms with Gasteiger partial charge in [0.05, 0.1) is 30.3 Å².